The first-order chi connectivity index (χ1) is 8.87. The van der Waals surface area contributed by atoms with Crippen LogP contribution in [0.5, 0.6) is 0 Å². The van der Waals surface area contributed by atoms with Gasteiger partial charge in [-0.15, -0.1) is 0 Å². The molecule has 0 saturated heterocycles. The van der Waals surface area contributed by atoms with Crippen molar-refractivity contribution in [3.8, 4) is 0 Å². The van der Waals surface area contributed by atoms with Crippen LogP contribution in [0.25, 0.3) is 0 Å². The number of oxime groups is 1. The second-order valence-corrected chi connectivity index (χ2v) is 6.47. The van der Waals surface area contributed by atoms with Crippen LogP contribution in [-0.4, -0.2) is 47.1 Å². The molecule has 0 aliphatic heterocycles. The fourth-order valence-corrected chi connectivity index (χ4v) is 3.05. The highest BCUT2D eigenvalue weighted by Crippen LogP contribution is 2.15. The zero-order chi connectivity index (χ0) is 14.5. The van der Waals surface area contributed by atoms with Gasteiger partial charge in [0, 0.05) is 25.7 Å². The van der Waals surface area contributed by atoms with Crippen LogP contribution in [0, 0.1) is 5.92 Å². The normalized spacial score (nSPS) is 13.4. The predicted molar refractivity (Wildman–Crippen MR) is 70.2 cm³/mol. The smallest absolute Gasteiger partial charge is 0.246 e. The maximum atomic E-state index is 12.4. The van der Waals surface area contributed by atoms with E-state index >= 15 is 0 Å². The van der Waals surface area contributed by atoms with E-state index in [1.54, 1.807) is 0 Å². The highest BCUT2D eigenvalue weighted by atomic mass is 32.2. The third kappa shape index (κ3) is 4.21. The molecule has 0 bridgehead atoms. The first-order valence-electron chi connectivity index (χ1n) is 5.83. The van der Waals surface area contributed by atoms with E-state index in [0.29, 0.717) is 6.54 Å². The maximum absolute atomic E-state index is 12.4. The summed E-state index contributed by atoms with van der Waals surface area (Å²) < 4.78 is 26.0. The second-order valence-electron chi connectivity index (χ2n) is 4.53. The van der Waals surface area contributed by atoms with Gasteiger partial charge in [0.25, 0.3) is 0 Å². The lowest BCUT2D eigenvalue weighted by molar-refractivity contribution is 0.314. The first kappa shape index (κ1) is 15.4. The van der Waals surface area contributed by atoms with E-state index in [1.807, 2.05) is 13.8 Å². The fourth-order valence-electron chi connectivity index (χ4n) is 1.54. The van der Waals surface area contributed by atoms with Gasteiger partial charge >= 0.3 is 0 Å². The molecule has 1 aromatic rings. The molecule has 0 unspecified atom stereocenters. The first-order valence-corrected chi connectivity index (χ1v) is 7.27. The van der Waals surface area contributed by atoms with Gasteiger partial charge in [-0.05, 0) is 5.92 Å². The summed E-state index contributed by atoms with van der Waals surface area (Å²) in [6.07, 6.45) is 2.75. The molecule has 0 fully saturated rings. The summed E-state index contributed by atoms with van der Waals surface area (Å²) in [6.45, 7) is 4.34. The number of nitrogens with one attached hydrogen (secondary N) is 1. The highest BCUT2D eigenvalue weighted by molar-refractivity contribution is 7.89. The van der Waals surface area contributed by atoms with E-state index in [2.05, 4.69) is 15.4 Å². The predicted octanol–water partition coefficient (Wildman–Crippen LogP) is 0.193. The van der Waals surface area contributed by atoms with Gasteiger partial charge in [-0.2, -0.15) is 9.40 Å². The Morgan fingerprint density at radius 1 is 1.63 bits per heavy atom. The summed E-state index contributed by atoms with van der Waals surface area (Å²) >= 11 is 0. The maximum Gasteiger partial charge on any atom is 0.246 e. The van der Waals surface area contributed by atoms with Crippen molar-refractivity contribution in [1.82, 2.24) is 14.5 Å². The van der Waals surface area contributed by atoms with Crippen LogP contribution in [0.4, 0.5) is 0 Å². The Labute approximate surface area is 112 Å². The summed E-state index contributed by atoms with van der Waals surface area (Å²) in [4.78, 5) is 0.104. The van der Waals surface area contributed by atoms with Crippen molar-refractivity contribution in [2.24, 2.45) is 16.8 Å². The number of aromatic nitrogens is 2. The Bertz CT molecular complexity index is 509. The van der Waals surface area contributed by atoms with Gasteiger partial charge < -0.3 is 10.9 Å². The summed E-state index contributed by atoms with van der Waals surface area (Å²) in [5, 5.41) is 17.5. The van der Waals surface area contributed by atoms with Crippen LogP contribution < -0.4 is 5.73 Å². The molecule has 0 amide bonds. The molecule has 1 heterocycles. The molecule has 4 N–H and O–H groups in total. The fraction of sp³-hybridized carbons (Fsp3) is 0.600. The molecule has 0 aliphatic rings. The number of nitrogens with two attached hydrogens (primary N) is 1. The third-order valence-corrected chi connectivity index (χ3v) is 4.26. The van der Waals surface area contributed by atoms with Crippen molar-refractivity contribution < 1.29 is 13.6 Å². The Kier molecular flexibility index (Phi) is 5.31. The number of sulfonamides is 1. The van der Waals surface area contributed by atoms with Crippen LogP contribution in [0.15, 0.2) is 22.4 Å². The Morgan fingerprint density at radius 3 is 2.79 bits per heavy atom. The quantitative estimate of drug-likeness (QED) is 0.286. The number of amidine groups is 1. The molecule has 19 heavy (non-hydrogen) atoms. The zero-order valence-corrected chi connectivity index (χ0v) is 11.8. The third-order valence-electron chi connectivity index (χ3n) is 2.43. The SMILES string of the molecule is CC(C)CN(CCC(N)=NO)S(=O)(=O)c1cn[nH]c1. The van der Waals surface area contributed by atoms with E-state index in [0.717, 1.165) is 0 Å². The van der Waals surface area contributed by atoms with Crippen LogP contribution in [0.1, 0.15) is 20.3 Å². The Morgan fingerprint density at radius 2 is 2.32 bits per heavy atom. The Balaban J connectivity index is 2.90. The molecule has 8 nitrogen and oxygen atoms in total. The molecular formula is C10H19N5O3S. The molecule has 1 rings (SSSR count). The number of H-pyrrole nitrogens is 1. The lowest BCUT2D eigenvalue weighted by Crippen LogP contribution is -2.36. The van der Waals surface area contributed by atoms with Gasteiger partial charge in [-0.3, -0.25) is 5.10 Å². The molecule has 0 spiro atoms. The average Bonchev–Trinajstić information content (AvgIpc) is 2.87. The van der Waals surface area contributed by atoms with Crippen LogP contribution in [0.3, 0.4) is 0 Å². The summed E-state index contributed by atoms with van der Waals surface area (Å²) in [5.74, 6) is 0.158. The molecule has 9 heteroatoms. The lowest BCUT2D eigenvalue weighted by Gasteiger charge is -2.22. The van der Waals surface area contributed by atoms with E-state index < -0.39 is 10.0 Å². The monoisotopic (exact) mass is 289 g/mol. The van der Waals surface area contributed by atoms with Gasteiger partial charge in [0.2, 0.25) is 10.0 Å². The molecular weight excluding hydrogens is 270 g/mol. The lowest BCUT2D eigenvalue weighted by atomic mass is 10.2. The van der Waals surface area contributed by atoms with Crippen molar-refractivity contribution in [1.29, 1.82) is 0 Å². The van der Waals surface area contributed by atoms with Gasteiger partial charge in [-0.1, -0.05) is 19.0 Å². The number of hydrogen-bond acceptors (Lipinski definition) is 5. The molecule has 1 aromatic heterocycles. The molecule has 108 valence electrons. The molecule has 0 saturated carbocycles. The largest absolute Gasteiger partial charge is 0.409 e. The number of rotatable bonds is 7. The zero-order valence-electron chi connectivity index (χ0n) is 10.9. The van der Waals surface area contributed by atoms with Gasteiger partial charge in [0.1, 0.15) is 10.7 Å². The van der Waals surface area contributed by atoms with E-state index in [1.165, 1.54) is 16.7 Å². The van der Waals surface area contributed by atoms with Gasteiger partial charge in [0.15, 0.2) is 0 Å². The minimum Gasteiger partial charge on any atom is -0.409 e. The van der Waals surface area contributed by atoms with Crippen LogP contribution in [-0.2, 0) is 10.0 Å². The minimum atomic E-state index is -3.61. The second kappa shape index (κ2) is 6.53. The van der Waals surface area contributed by atoms with Gasteiger partial charge in [-0.25, -0.2) is 8.42 Å². The summed E-state index contributed by atoms with van der Waals surface area (Å²) in [6, 6.07) is 0. The topological polar surface area (TPSA) is 125 Å². The van der Waals surface area contributed by atoms with E-state index in [-0.39, 0.29) is 29.6 Å². The number of hydrogen-bond donors (Lipinski definition) is 3. The summed E-state index contributed by atoms with van der Waals surface area (Å²) in [5.41, 5.74) is 5.37. The molecule has 0 atom stereocenters. The number of aromatic amines is 1. The van der Waals surface area contributed by atoms with Crippen molar-refractivity contribution in [2.45, 2.75) is 25.2 Å². The average molecular weight is 289 g/mol. The van der Waals surface area contributed by atoms with Crippen molar-refractivity contribution in [2.75, 3.05) is 13.1 Å². The molecule has 0 radical (unpaired) electrons. The summed E-state index contributed by atoms with van der Waals surface area (Å²) in [7, 11) is -3.61. The molecule has 0 aliphatic carbocycles. The standard InChI is InChI=1S/C10H19N5O3S/c1-8(2)7-15(4-3-10(11)14-16)19(17,18)9-5-12-13-6-9/h5-6,8,16H,3-4,7H2,1-2H3,(H2,11,14)(H,12,13). The van der Waals surface area contributed by atoms with Crippen molar-refractivity contribution >= 4 is 15.9 Å². The molecule has 0 aromatic carbocycles. The van der Waals surface area contributed by atoms with Crippen molar-refractivity contribution in [3.05, 3.63) is 12.4 Å². The van der Waals surface area contributed by atoms with Crippen LogP contribution in [0.2, 0.25) is 0 Å². The minimum absolute atomic E-state index is 0.00357. The van der Waals surface area contributed by atoms with Gasteiger partial charge in [0.05, 0.1) is 6.20 Å². The highest BCUT2D eigenvalue weighted by Gasteiger charge is 2.26. The van der Waals surface area contributed by atoms with E-state index in [9.17, 15) is 8.42 Å². The number of nitrogens with zero attached hydrogens (tertiary/aromatic N) is 3. The Hall–Kier alpha value is -1.61. The van der Waals surface area contributed by atoms with E-state index in [4.69, 9.17) is 10.9 Å². The van der Waals surface area contributed by atoms with Crippen molar-refractivity contribution in [3.63, 3.8) is 0 Å². The van der Waals surface area contributed by atoms with Crippen LogP contribution >= 0.6 is 0 Å².